The molecule has 0 bridgehead atoms. The quantitative estimate of drug-likeness (QED) is 0.693. The van der Waals surface area contributed by atoms with Gasteiger partial charge in [-0.3, -0.25) is 4.90 Å². The Labute approximate surface area is 98.8 Å². The van der Waals surface area contributed by atoms with Crippen LogP contribution in [0.4, 0.5) is 0 Å². The summed E-state index contributed by atoms with van der Waals surface area (Å²) in [6.45, 7) is 5.77. The van der Waals surface area contributed by atoms with Crippen molar-refractivity contribution in [1.29, 1.82) is 0 Å². The van der Waals surface area contributed by atoms with E-state index >= 15 is 0 Å². The van der Waals surface area contributed by atoms with Crippen LogP contribution in [0.2, 0.25) is 0 Å². The first-order valence-electron chi connectivity index (χ1n) is 6.30. The average molecular weight is 215 g/mol. The highest BCUT2D eigenvalue weighted by Crippen LogP contribution is 2.29. The van der Waals surface area contributed by atoms with Crippen LogP contribution in [0.25, 0.3) is 0 Å². The lowest BCUT2D eigenvalue weighted by atomic mass is 9.97. The highest BCUT2D eigenvalue weighted by molar-refractivity contribution is 5.24. The van der Waals surface area contributed by atoms with E-state index < -0.39 is 0 Å². The molecule has 0 unspecified atom stereocenters. The molecule has 2 rings (SSSR count). The summed E-state index contributed by atoms with van der Waals surface area (Å²) in [7, 11) is 0. The van der Waals surface area contributed by atoms with Crippen molar-refractivity contribution in [3.05, 3.63) is 48.0 Å². The van der Waals surface area contributed by atoms with E-state index in [2.05, 4.69) is 61.2 Å². The third kappa shape index (κ3) is 2.35. The normalized spacial score (nSPS) is 25.9. The van der Waals surface area contributed by atoms with E-state index in [1.165, 1.54) is 24.9 Å². The maximum Gasteiger partial charge on any atom is 0.0534 e. The molecule has 0 radical (unpaired) electrons. The standard InChI is InChI=1S/C15H21N/c1-3-12-16-13(2)8-7-11-15(16)14-9-5-4-6-10-14/h4-7,9-11,13,15H,3,8,12H2,1-2H3/t13-,15+/m1/s1. The Morgan fingerprint density at radius 1 is 1.25 bits per heavy atom. The van der Waals surface area contributed by atoms with Crippen LogP contribution in [0.5, 0.6) is 0 Å². The molecule has 0 saturated heterocycles. The second-order valence-corrected chi connectivity index (χ2v) is 4.61. The minimum Gasteiger partial charge on any atom is -0.290 e. The van der Waals surface area contributed by atoms with Crippen LogP contribution in [0.3, 0.4) is 0 Å². The zero-order chi connectivity index (χ0) is 11.4. The molecule has 1 aromatic carbocycles. The maximum absolute atomic E-state index is 2.61. The Morgan fingerprint density at radius 3 is 2.69 bits per heavy atom. The summed E-state index contributed by atoms with van der Waals surface area (Å²) in [5.74, 6) is 0. The molecule has 2 atom stereocenters. The monoisotopic (exact) mass is 215 g/mol. The van der Waals surface area contributed by atoms with Crippen molar-refractivity contribution in [3.8, 4) is 0 Å². The van der Waals surface area contributed by atoms with Gasteiger partial charge in [-0.2, -0.15) is 0 Å². The van der Waals surface area contributed by atoms with Gasteiger partial charge in [0.25, 0.3) is 0 Å². The van der Waals surface area contributed by atoms with E-state index in [9.17, 15) is 0 Å². The fraction of sp³-hybridized carbons (Fsp3) is 0.467. The molecule has 1 aliphatic rings. The fourth-order valence-corrected chi connectivity index (χ4v) is 2.49. The number of benzene rings is 1. The lowest BCUT2D eigenvalue weighted by Gasteiger charge is -2.37. The molecule has 0 saturated carbocycles. The first kappa shape index (κ1) is 11.4. The smallest absolute Gasteiger partial charge is 0.0534 e. The Bertz CT molecular complexity index is 342. The SMILES string of the molecule is CCCN1[C@H](C)CC=C[C@H]1c1ccccc1. The predicted octanol–water partition coefficient (Wildman–Crippen LogP) is 3.79. The van der Waals surface area contributed by atoms with Crippen LogP contribution >= 0.6 is 0 Å². The van der Waals surface area contributed by atoms with Crippen LogP contribution in [-0.2, 0) is 0 Å². The van der Waals surface area contributed by atoms with Gasteiger partial charge in [0.1, 0.15) is 0 Å². The van der Waals surface area contributed by atoms with Crippen molar-refractivity contribution < 1.29 is 0 Å². The summed E-state index contributed by atoms with van der Waals surface area (Å²) in [5, 5.41) is 0. The average Bonchev–Trinajstić information content (AvgIpc) is 2.33. The zero-order valence-electron chi connectivity index (χ0n) is 10.3. The second kappa shape index (κ2) is 5.31. The lowest BCUT2D eigenvalue weighted by Crippen LogP contribution is -2.38. The highest BCUT2D eigenvalue weighted by atomic mass is 15.2. The molecule has 0 N–H and O–H groups in total. The zero-order valence-corrected chi connectivity index (χ0v) is 10.3. The van der Waals surface area contributed by atoms with Crippen molar-refractivity contribution in [2.24, 2.45) is 0 Å². The van der Waals surface area contributed by atoms with Crippen molar-refractivity contribution in [3.63, 3.8) is 0 Å². The van der Waals surface area contributed by atoms with Gasteiger partial charge in [-0.25, -0.2) is 0 Å². The number of nitrogens with zero attached hydrogens (tertiary/aromatic N) is 1. The number of hydrogen-bond donors (Lipinski definition) is 0. The van der Waals surface area contributed by atoms with Gasteiger partial charge < -0.3 is 0 Å². The second-order valence-electron chi connectivity index (χ2n) is 4.61. The van der Waals surface area contributed by atoms with E-state index in [0.717, 1.165) is 0 Å². The molecule has 0 aliphatic carbocycles. The fourth-order valence-electron chi connectivity index (χ4n) is 2.49. The van der Waals surface area contributed by atoms with Crippen molar-refractivity contribution in [1.82, 2.24) is 4.90 Å². The molecule has 86 valence electrons. The maximum atomic E-state index is 2.61. The van der Waals surface area contributed by atoms with Crippen LogP contribution in [0.1, 0.15) is 38.3 Å². The highest BCUT2D eigenvalue weighted by Gasteiger charge is 2.24. The number of rotatable bonds is 3. The van der Waals surface area contributed by atoms with Crippen LogP contribution in [0, 0.1) is 0 Å². The van der Waals surface area contributed by atoms with E-state index in [1.807, 2.05) is 0 Å². The molecule has 0 spiro atoms. The summed E-state index contributed by atoms with van der Waals surface area (Å²) < 4.78 is 0. The van der Waals surface area contributed by atoms with Crippen LogP contribution in [0.15, 0.2) is 42.5 Å². The van der Waals surface area contributed by atoms with Crippen molar-refractivity contribution >= 4 is 0 Å². The van der Waals surface area contributed by atoms with E-state index in [1.54, 1.807) is 0 Å². The molecule has 1 nitrogen and oxygen atoms in total. The summed E-state index contributed by atoms with van der Waals surface area (Å²) in [6, 6.07) is 12.0. The minimum atomic E-state index is 0.477. The first-order chi connectivity index (χ1) is 7.83. The Morgan fingerprint density at radius 2 is 2.00 bits per heavy atom. The van der Waals surface area contributed by atoms with Gasteiger partial charge in [0.2, 0.25) is 0 Å². The molecule has 16 heavy (non-hydrogen) atoms. The van der Waals surface area contributed by atoms with Gasteiger partial charge in [-0.15, -0.1) is 0 Å². The van der Waals surface area contributed by atoms with E-state index in [-0.39, 0.29) is 0 Å². The third-order valence-electron chi connectivity index (χ3n) is 3.34. The summed E-state index contributed by atoms with van der Waals surface area (Å²) in [5.41, 5.74) is 1.42. The summed E-state index contributed by atoms with van der Waals surface area (Å²) >= 11 is 0. The Hall–Kier alpha value is -1.08. The van der Waals surface area contributed by atoms with Crippen molar-refractivity contribution in [2.75, 3.05) is 6.54 Å². The van der Waals surface area contributed by atoms with Gasteiger partial charge in [-0.1, -0.05) is 49.4 Å². The molecule has 0 aromatic heterocycles. The molecule has 1 heterocycles. The predicted molar refractivity (Wildman–Crippen MR) is 69.4 cm³/mol. The Kier molecular flexibility index (Phi) is 3.79. The molecular formula is C15H21N. The van der Waals surface area contributed by atoms with Gasteiger partial charge in [0.15, 0.2) is 0 Å². The molecule has 1 aliphatic heterocycles. The summed E-state index contributed by atoms with van der Waals surface area (Å²) in [6.07, 6.45) is 7.09. The van der Waals surface area contributed by atoms with Crippen molar-refractivity contribution in [2.45, 2.75) is 38.8 Å². The first-order valence-corrected chi connectivity index (χ1v) is 6.30. The van der Waals surface area contributed by atoms with E-state index in [4.69, 9.17) is 0 Å². The number of hydrogen-bond acceptors (Lipinski definition) is 1. The van der Waals surface area contributed by atoms with Gasteiger partial charge in [0, 0.05) is 6.04 Å². The van der Waals surface area contributed by atoms with Gasteiger partial charge in [-0.05, 0) is 31.9 Å². The molecule has 0 fully saturated rings. The molecule has 1 aromatic rings. The van der Waals surface area contributed by atoms with Gasteiger partial charge in [0.05, 0.1) is 6.04 Å². The third-order valence-corrected chi connectivity index (χ3v) is 3.34. The largest absolute Gasteiger partial charge is 0.290 e. The van der Waals surface area contributed by atoms with Crippen LogP contribution < -0.4 is 0 Å². The summed E-state index contributed by atoms with van der Waals surface area (Å²) in [4.78, 5) is 2.61. The lowest BCUT2D eigenvalue weighted by molar-refractivity contribution is 0.162. The molecule has 0 amide bonds. The molecular weight excluding hydrogens is 194 g/mol. The Balaban J connectivity index is 2.23. The molecule has 1 heteroatoms. The topological polar surface area (TPSA) is 3.24 Å². The minimum absolute atomic E-state index is 0.477. The van der Waals surface area contributed by atoms with Gasteiger partial charge >= 0.3 is 0 Å². The van der Waals surface area contributed by atoms with Crippen LogP contribution in [-0.4, -0.2) is 17.5 Å². The van der Waals surface area contributed by atoms with E-state index in [0.29, 0.717) is 12.1 Å².